The van der Waals surface area contributed by atoms with Crippen LogP contribution in [0.15, 0.2) is 58.3 Å². The molecule has 0 fully saturated rings. The Kier molecular flexibility index (Phi) is 5.69. The number of hydrogen-bond acceptors (Lipinski definition) is 5. The molecule has 4 rings (SSSR count). The van der Waals surface area contributed by atoms with Crippen LogP contribution in [0.3, 0.4) is 0 Å². The van der Waals surface area contributed by atoms with Crippen molar-refractivity contribution in [3.63, 3.8) is 0 Å². The first-order valence-corrected chi connectivity index (χ1v) is 9.83. The van der Waals surface area contributed by atoms with Gasteiger partial charge in [0, 0.05) is 19.4 Å². The summed E-state index contributed by atoms with van der Waals surface area (Å²) in [5.41, 5.74) is 2.71. The summed E-state index contributed by atoms with van der Waals surface area (Å²) in [6.45, 7) is 4.16. The van der Waals surface area contributed by atoms with Gasteiger partial charge in [0.2, 0.25) is 0 Å². The first kappa shape index (κ1) is 19.9. The fourth-order valence-corrected chi connectivity index (χ4v) is 3.55. The molecule has 0 radical (unpaired) electrons. The first-order valence-electron chi connectivity index (χ1n) is 9.83. The molecule has 2 N–H and O–H groups in total. The lowest BCUT2D eigenvalue weighted by Gasteiger charge is -2.18. The molecular weight excluding hydrogens is 382 g/mol. The summed E-state index contributed by atoms with van der Waals surface area (Å²) < 4.78 is 6.80. The number of quaternary nitrogens is 1. The average Bonchev–Trinajstić information content (AvgIpc) is 2.73. The van der Waals surface area contributed by atoms with Crippen molar-refractivity contribution >= 4 is 16.6 Å². The number of benzene rings is 1. The van der Waals surface area contributed by atoms with E-state index in [9.17, 15) is 9.59 Å². The summed E-state index contributed by atoms with van der Waals surface area (Å²) in [5.74, 6) is 0.595. The molecule has 0 saturated carbocycles. The van der Waals surface area contributed by atoms with Crippen molar-refractivity contribution in [2.75, 3.05) is 20.3 Å². The van der Waals surface area contributed by atoms with Crippen LogP contribution in [0.5, 0.6) is 0 Å². The molecule has 0 aliphatic heterocycles. The number of aromatic amines is 1. The smallest absolute Gasteiger partial charge is 0.258 e. The van der Waals surface area contributed by atoms with Crippen molar-refractivity contribution in [2.45, 2.75) is 20.0 Å². The van der Waals surface area contributed by atoms with Gasteiger partial charge >= 0.3 is 0 Å². The van der Waals surface area contributed by atoms with Crippen molar-refractivity contribution in [3.8, 4) is 0 Å². The minimum Gasteiger partial charge on any atom is -0.379 e. The molecule has 154 valence electrons. The highest BCUT2D eigenvalue weighted by molar-refractivity contribution is 5.77. The molecule has 0 aliphatic carbocycles. The molecule has 8 heteroatoms. The van der Waals surface area contributed by atoms with Crippen molar-refractivity contribution in [1.29, 1.82) is 0 Å². The lowest BCUT2D eigenvalue weighted by atomic mass is 10.2. The van der Waals surface area contributed by atoms with Crippen LogP contribution in [-0.2, 0) is 17.8 Å². The van der Waals surface area contributed by atoms with Gasteiger partial charge < -0.3 is 14.6 Å². The van der Waals surface area contributed by atoms with Gasteiger partial charge in [-0.25, -0.2) is 9.97 Å². The second-order valence-corrected chi connectivity index (χ2v) is 7.40. The second-order valence-electron chi connectivity index (χ2n) is 7.40. The van der Waals surface area contributed by atoms with Gasteiger partial charge in [0.25, 0.3) is 11.1 Å². The normalized spacial score (nSPS) is 12.5. The Morgan fingerprint density at radius 3 is 2.77 bits per heavy atom. The van der Waals surface area contributed by atoms with Crippen LogP contribution in [0.2, 0.25) is 0 Å². The number of aromatic nitrogens is 4. The number of nitrogens with zero attached hydrogens (tertiary/aromatic N) is 3. The maximum absolute atomic E-state index is 12.5. The second kappa shape index (κ2) is 8.56. The van der Waals surface area contributed by atoms with Gasteiger partial charge in [0.1, 0.15) is 31.0 Å². The molecule has 0 aliphatic rings. The third-order valence-electron chi connectivity index (χ3n) is 5.03. The number of pyridine rings is 1. The largest absolute Gasteiger partial charge is 0.379 e. The van der Waals surface area contributed by atoms with Crippen LogP contribution >= 0.6 is 0 Å². The van der Waals surface area contributed by atoms with E-state index in [2.05, 4.69) is 15.0 Å². The van der Waals surface area contributed by atoms with Gasteiger partial charge in [-0.3, -0.25) is 14.0 Å². The summed E-state index contributed by atoms with van der Waals surface area (Å²) in [7, 11) is 1.65. The molecule has 4 aromatic rings. The van der Waals surface area contributed by atoms with Crippen molar-refractivity contribution in [2.24, 2.45) is 0 Å². The predicted octanol–water partition coefficient (Wildman–Crippen LogP) is 0.471. The number of ether oxygens (including phenoxy) is 1. The molecule has 3 aromatic heterocycles. The molecule has 8 nitrogen and oxygen atoms in total. The minimum absolute atomic E-state index is 0.109. The zero-order valence-electron chi connectivity index (χ0n) is 17.0. The van der Waals surface area contributed by atoms with Gasteiger partial charge in [-0.2, -0.15) is 0 Å². The van der Waals surface area contributed by atoms with E-state index in [0.29, 0.717) is 54.3 Å². The molecule has 0 spiro atoms. The lowest BCUT2D eigenvalue weighted by Crippen LogP contribution is -3.10. The number of H-pyrrole nitrogens is 1. The number of fused-ring (bicyclic) bond motifs is 2. The Morgan fingerprint density at radius 2 is 1.93 bits per heavy atom. The first-order chi connectivity index (χ1) is 14.5. The van der Waals surface area contributed by atoms with E-state index in [-0.39, 0.29) is 11.1 Å². The molecule has 30 heavy (non-hydrogen) atoms. The number of hydrogen-bond donors (Lipinski definition) is 2. The van der Waals surface area contributed by atoms with E-state index in [1.807, 2.05) is 37.3 Å². The number of para-hydroxylation sites is 1. The number of nitrogens with one attached hydrogen (secondary N) is 2. The van der Waals surface area contributed by atoms with Crippen LogP contribution in [0.25, 0.3) is 16.6 Å². The molecule has 1 atom stereocenters. The summed E-state index contributed by atoms with van der Waals surface area (Å²) in [6.07, 6.45) is 1.79. The zero-order valence-corrected chi connectivity index (χ0v) is 17.0. The minimum atomic E-state index is -0.154. The number of rotatable bonds is 7. The van der Waals surface area contributed by atoms with Gasteiger partial charge in [0.05, 0.1) is 17.5 Å². The van der Waals surface area contributed by atoms with Gasteiger partial charge in [-0.05, 0) is 30.7 Å². The molecule has 0 amide bonds. The Hall–Kier alpha value is -3.36. The van der Waals surface area contributed by atoms with Gasteiger partial charge in [0.15, 0.2) is 5.82 Å². The Morgan fingerprint density at radius 1 is 1.10 bits per heavy atom. The van der Waals surface area contributed by atoms with E-state index >= 15 is 0 Å². The maximum Gasteiger partial charge on any atom is 0.258 e. The summed E-state index contributed by atoms with van der Waals surface area (Å²) in [6, 6.07) is 12.6. The summed E-state index contributed by atoms with van der Waals surface area (Å²) in [4.78, 5) is 38.1. The Bertz CT molecular complexity index is 1310. The molecular formula is C22H24N5O3+. The average molecular weight is 406 g/mol. The standard InChI is InChI=1S/C22H23N5O3/c1-15-7-8-20-23-16(11-21(28)27(20)12-15)13-26(9-10-30-2)14-19-24-18-6-4-3-5-17(18)22(29)25-19/h3-8,11-12H,9-10,13-14H2,1-2H3,(H,24,25,29)/p+1. The lowest BCUT2D eigenvalue weighted by molar-refractivity contribution is -0.928. The van der Waals surface area contributed by atoms with Crippen LogP contribution in [0, 0.1) is 6.92 Å². The van der Waals surface area contributed by atoms with Crippen LogP contribution in [0.1, 0.15) is 17.1 Å². The maximum atomic E-state index is 12.5. The van der Waals surface area contributed by atoms with Gasteiger partial charge in [-0.1, -0.05) is 18.2 Å². The topological polar surface area (TPSA) is 93.8 Å². The third-order valence-corrected chi connectivity index (χ3v) is 5.03. The van der Waals surface area contributed by atoms with E-state index in [0.717, 1.165) is 10.5 Å². The van der Waals surface area contributed by atoms with Gasteiger partial charge in [-0.15, -0.1) is 0 Å². The van der Waals surface area contributed by atoms with Crippen molar-refractivity contribution in [3.05, 3.63) is 86.5 Å². The van der Waals surface area contributed by atoms with Crippen LogP contribution in [-0.4, -0.2) is 39.6 Å². The fourth-order valence-electron chi connectivity index (χ4n) is 3.55. The quantitative estimate of drug-likeness (QED) is 0.465. The van der Waals surface area contributed by atoms with Crippen LogP contribution in [0.4, 0.5) is 0 Å². The highest BCUT2D eigenvalue weighted by atomic mass is 16.5. The number of aryl methyl sites for hydroxylation is 1. The third kappa shape index (κ3) is 4.29. The van der Waals surface area contributed by atoms with E-state index < -0.39 is 0 Å². The molecule has 3 heterocycles. The predicted molar refractivity (Wildman–Crippen MR) is 114 cm³/mol. The fraction of sp³-hybridized carbons (Fsp3) is 0.273. The monoisotopic (exact) mass is 406 g/mol. The van der Waals surface area contributed by atoms with Crippen molar-refractivity contribution < 1.29 is 9.64 Å². The highest BCUT2D eigenvalue weighted by Gasteiger charge is 2.15. The van der Waals surface area contributed by atoms with E-state index in [4.69, 9.17) is 4.74 Å². The van der Waals surface area contributed by atoms with Crippen molar-refractivity contribution in [1.82, 2.24) is 19.4 Å². The SMILES string of the molecule is COCC[NH+](Cc1cc(=O)n2cc(C)ccc2n1)Cc1nc2ccccc2c(=O)[nH]1. The Labute approximate surface area is 172 Å². The molecule has 1 aromatic carbocycles. The molecule has 1 unspecified atom stereocenters. The molecule has 0 bridgehead atoms. The summed E-state index contributed by atoms with van der Waals surface area (Å²) >= 11 is 0. The highest BCUT2D eigenvalue weighted by Crippen LogP contribution is 2.05. The van der Waals surface area contributed by atoms with Crippen LogP contribution < -0.4 is 16.0 Å². The Balaban J connectivity index is 1.63. The van der Waals surface area contributed by atoms with E-state index in [1.165, 1.54) is 0 Å². The van der Waals surface area contributed by atoms with E-state index in [1.54, 1.807) is 29.8 Å². The summed E-state index contributed by atoms with van der Waals surface area (Å²) in [5, 5.41) is 0.569. The zero-order chi connectivity index (χ0) is 21.1. The number of methoxy groups -OCH3 is 1. The molecule has 0 saturated heterocycles.